The zero-order valence-electron chi connectivity index (χ0n) is 23.5. The molecule has 5 N–H and O–H groups in total. The number of ether oxygens (including phenoxy) is 3. The maximum atomic E-state index is 14.0. The van der Waals surface area contributed by atoms with E-state index >= 15 is 0 Å². The van der Waals surface area contributed by atoms with Crippen molar-refractivity contribution in [2.75, 3.05) is 33.5 Å². The van der Waals surface area contributed by atoms with E-state index in [-0.39, 0.29) is 32.1 Å². The fourth-order valence-corrected chi connectivity index (χ4v) is 4.48. The molecule has 0 saturated carbocycles. The van der Waals surface area contributed by atoms with Crippen LogP contribution in [-0.4, -0.2) is 72.2 Å². The monoisotopic (exact) mass is 575 g/mol. The molecule has 1 amide bonds. The fourth-order valence-electron chi connectivity index (χ4n) is 4.48. The molecule has 0 aromatic heterocycles. The molecule has 1 heterocycles. The summed E-state index contributed by atoms with van der Waals surface area (Å²) in [6, 6.07) is 23.4. The smallest absolute Gasteiger partial charge is 0.266 e. The molecule has 1 aliphatic heterocycles. The number of rotatable bonds is 15. The van der Waals surface area contributed by atoms with Crippen molar-refractivity contribution in [2.24, 2.45) is 4.99 Å². The van der Waals surface area contributed by atoms with E-state index in [2.05, 4.69) is 10.9 Å². The summed E-state index contributed by atoms with van der Waals surface area (Å²) in [4.78, 5) is 19.0. The van der Waals surface area contributed by atoms with E-state index in [0.717, 1.165) is 5.56 Å². The molecule has 0 spiro atoms. The minimum Gasteiger partial charge on any atom is -0.497 e. The molecule has 10 heteroatoms. The summed E-state index contributed by atoms with van der Waals surface area (Å²) in [5.74, 6) is 1.00. The maximum Gasteiger partial charge on any atom is 0.266 e. The van der Waals surface area contributed by atoms with E-state index in [4.69, 9.17) is 24.3 Å². The second-order valence-corrected chi connectivity index (χ2v) is 9.74. The van der Waals surface area contributed by atoms with Crippen LogP contribution in [0, 0.1) is 0 Å². The summed E-state index contributed by atoms with van der Waals surface area (Å²) >= 11 is 0. The Bertz CT molecular complexity index is 1340. The number of aliphatic hydroxyl groups excluding tert-OH is 3. The largest absolute Gasteiger partial charge is 0.497 e. The Morgan fingerprint density at radius 2 is 1.79 bits per heavy atom. The maximum absolute atomic E-state index is 14.0. The van der Waals surface area contributed by atoms with Crippen LogP contribution in [0.5, 0.6) is 11.5 Å². The number of hydrazine groups is 1. The number of hydrogen-bond acceptors (Lipinski definition) is 9. The molecule has 222 valence electrons. The number of nitrogens with zero attached hydrogens (tertiary/aromatic N) is 1. The van der Waals surface area contributed by atoms with E-state index in [0.29, 0.717) is 35.7 Å². The van der Waals surface area contributed by atoms with Gasteiger partial charge in [-0.15, -0.1) is 0 Å². The molecule has 3 aromatic carbocycles. The van der Waals surface area contributed by atoms with E-state index in [1.165, 1.54) is 0 Å². The number of benzene rings is 3. The van der Waals surface area contributed by atoms with Crippen LogP contribution in [0.15, 0.2) is 89.9 Å². The van der Waals surface area contributed by atoms with E-state index in [1.54, 1.807) is 37.4 Å². The third-order valence-corrected chi connectivity index (χ3v) is 6.80. The molecule has 0 saturated heterocycles. The number of carbonyl (C=O) groups is 1. The quantitative estimate of drug-likeness (QED) is 0.138. The average molecular weight is 576 g/mol. The van der Waals surface area contributed by atoms with Gasteiger partial charge >= 0.3 is 0 Å². The van der Waals surface area contributed by atoms with Crippen molar-refractivity contribution < 1.29 is 34.3 Å². The molecule has 3 aromatic rings. The Balaban J connectivity index is 1.74. The van der Waals surface area contributed by atoms with Crippen LogP contribution < -0.4 is 20.3 Å². The Labute approximate surface area is 245 Å². The second kappa shape index (κ2) is 15.1. The first kappa shape index (κ1) is 30.7. The fraction of sp³-hybridized carbons (Fsp3) is 0.312. The number of aliphatic imine (C=N–C) groups is 1. The molecule has 4 rings (SSSR count). The van der Waals surface area contributed by atoms with Crippen LogP contribution in [0.2, 0.25) is 0 Å². The Hall–Kier alpha value is -4.22. The zero-order chi connectivity index (χ0) is 29.8. The molecule has 42 heavy (non-hydrogen) atoms. The van der Waals surface area contributed by atoms with Gasteiger partial charge in [0.15, 0.2) is 11.6 Å². The van der Waals surface area contributed by atoms with Gasteiger partial charge in [0.05, 0.1) is 33.0 Å². The lowest BCUT2D eigenvalue weighted by molar-refractivity contribution is -0.130. The number of hydrogen-bond donors (Lipinski definition) is 5. The lowest BCUT2D eigenvalue weighted by atomic mass is 9.84. The summed E-state index contributed by atoms with van der Waals surface area (Å²) in [6.45, 7) is -0.329. The summed E-state index contributed by atoms with van der Waals surface area (Å²) in [5, 5.41) is 28.1. The topological polar surface area (TPSA) is 142 Å². The van der Waals surface area contributed by atoms with Crippen LogP contribution in [-0.2, 0) is 9.53 Å². The third kappa shape index (κ3) is 7.54. The highest BCUT2D eigenvalue weighted by molar-refractivity contribution is 6.01. The van der Waals surface area contributed by atoms with Crippen molar-refractivity contribution in [3.05, 3.63) is 102 Å². The number of nitrogens with one attached hydrogen (secondary N) is 2. The van der Waals surface area contributed by atoms with Crippen LogP contribution in [0.4, 0.5) is 0 Å². The van der Waals surface area contributed by atoms with Gasteiger partial charge in [0.25, 0.3) is 5.91 Å². The molecule has 2 atom stereocenters. The predicted molar refractivity (Wildman–Crippen MR) is 159 cm³/mol. The van der Waals surface area contributed by atoms with Gasteiger partial charge in [-0.25, -0.2) is 10.4 Å². The Kier molecular flexibility index (Phi) is 11.1. The van der Waals surface area contributed by atoms with Crippen LogP contribution in [0.3, 0.4) is 0 Å². The molecule has 0 fully saturated rings. The highest BCUT2D eigenvalue weighted by Crippen LogP contribution is 2.43. The van der Waals surface area contributed by atoms with Crippen molar-refractivity contribution in [3.8, 4) is 11.5 Å². The Morgan fingerprint density at radius 1 is 1.02 bits per heavy atom. The molecule has 0 radical (unpaired) electrons. The molecule has 10 nitrogen and oxygen atoms in total. The average Bonchev–Trinajstić information content (AvgIpc) is 3.43. The molecule has 1 aliphatic rings. The molecule has 0 bridgehead atoms. The second-order valence-electron chi connectivity index (χ2n) is 9.74. The van der Waals surface area contributed by atoms with Gasteiger partial charge < -0.3 is 29.5 Å². The first-order valence-corrected chi connectivity index (χ1v) is 13.8. The SMILES string of the molecule is COc1cccc([C@@H]2OC(c3ccc(OCCCO)cc3)=N[C@]2(C/C=C/c2ccccc2)C(=O)NNC(CO)CO)c1. The molecule has 0 aliphatic carbocycles. The molecular weight excluding hydrogens is 538 g/mol. The van der Waals surface area contributed by atoms with Crippen LogP contribution in [0.1, 0.15) is 35.6 Å². The van der Waals surface area contributed by atoms with E-state index < -0.39 is 23.6 Å². The van der Waals surface area contributed by atoms with Gasteiger partial charge in [-0.3, -0.25) is 10.2 Å². The highest BCUT2D eigenvalue weighted by atomic mass is 16.5. The first-order valence-electron chi connectivity index (χ1n) is 13.8. The lowest BCUT2D eigenvalue weighted by Crippen LogP contribution is -2.56. The molecular formula is C32H37N3O7. The van der Waals surface area contributed by atoms with Gasteiger partial charge in [0.2, 0.25) is 5.90 Å². The third-order valence-electron chi connectivity index (χ3n) is 6.80. The van der Waals surface area contributed by atoms with Gasteiger partial charge in [0, 0.05) is 25.0 Å². The van der Waals surface area contributed by atoms with Crippen LogP contribution in [0.25, 0.3) is 6.08 Å². The van der Waals surface area contributed by atoms with Gasteiger partial charge in [-0.05, 0) is 47.5 Å². The van der Waals surface area contributed by atoms with E-state index in [9.17, 15) is 15.0 Å². The summed E-state index contributed by atoms with van der Waals surface area (Å²) < 4.78 is 17.6. The minimum atomic E-state index is -1.47. The number of carbonyl (C=O) groups excluding carboxylic acids is 1. The number of aliphatic hydroxyl groups is 3. The Morgan fingerprint density at radius 3 is 2.48 bits per heavy atom. The van der Waals surface area contributed by atoms with Crippen molar-refractivity contribution in [3.63, 3.8) is 0 Å². The van der Waals surface area contributed by atoms with Crippen LogP contribution >= 0.6 is 0 Å². The van der Waals surface area contributed by atoms with Crippen molar-refractivity contribution in [1.82, 2.24) is 10.9 Å². The predicted octanol–water partition coefficient (Wildman–Crippen LogP) is 2.79. The summed E-state index contributed by atoms with van der Waals surface area (Å²) in [6.07, 6.45) is 3.65. The van der Waals surface area contributed by atoms with Crippen molar-refractivity contribution in [2.45, 2.75) is 30.5 Å². The molecule has 0 unspecified atom stereocenters. The lowest BCUT2D eigenvalue weighted by Gasteiger charge is -2.30. The van der Waals surface area contributed by atoms with Crippen molar-refractivity contribution in [1.29, 1.82) is 0 Å². The van der Waals surface area contributed by atoms with Gasteiger partial charge in [-0.2, -0.15) is 0 Å². The van der Waals surface area contributed by atoms with Gasteiger partial charge in [0.1, 0.15) is 11.5 Å². The normalized spacial score (nSPS) is 18.1. The summed E-state index contributed by atoms with van der Waals surface area (Å²) in [5.41, 5.74) is 6.18. The first-order chi connectivity index (χ1) is 20.5. The standard InChI is InChI=1S/C32H37N3O7/c1-40-28-12-5-11-25(20-28)29-32(31(39)35-34-26(21-37)22-38,17-6-10-23-8-3-2-4-9-23)33-30(42-29)24-13-15-27(16-14-24)41-19-7-18-36/h2-6,8-16,20,26,29,34,36-38H,7,17-19,21-22H2,1H3,(H,35,39)/b10-6+/t29-,32-/m0/s1. The number of methoxy groups -OCH3 is 1. The summed E-state index contributed by atoms with van der Waals surface area (Å²) in [7, 11) is 1.57. The minimum absolute atomic E-state index is 0.0451. The number of amides is 1. The van der Waals surface area contributed by atoms with Gasteiger partial charge in [-0.1, -0.05) is 54.6 Å². The van der Waals surface area contributed by atoms with E-state index in [1.807, 2.05) is 60.7 Å². The zero-order valence-corrected chi connectivity index (χ0v) is 23.5. The van der Waals surface area contributed by atoms with Crippen molar-refractivity contribution >= 4 is 17.9 Å². The highest BCUT2D eigenvalue weighted by Gasteiger charge is 2.52.